The van der Waals surface area contributed by atoms with E-state index in [9.17, 15) is 9.90 Å². The Morgan fingerprint density at radius 1 is 1.13 bits per heavy atom. The number of quaternary nitrogens is 1. The molecule has 0 spiro atoms. The van der Waals surface area contributed by atoms with Gasteiger partial charge in [-0.25, -0.2) is 4.98 Å². The second kappa shape index (κ2) is 9.31. The first-order valence-corrected chi connectivity index (χ1v) is 11.3. The van der Waals surface area contributed by atoms with Gasteiger partial charge < -0.3 is 14.7 Å². The Bertz CT molecular complexity index is 1070. The fourth-order valence-corrected chi connectivity index (χ4v) is 4.92. The number of benzene rings is 2. The molecule has 6 nitrogen and oxygen atoms in total. The van der Waals surface area contributed by atoms with E-state index in [0.717, 1.165) is 43.1 Å². The minimum absolute atomic E-state index is 0.0752. The maximum absolute atomic E-state index is 13.4. The Morgan fingerprint density at radius 3 is 2.57 bits per heavy atom. The molecule has 0 saturated carbocycles. The molecule has 2 heterocycles. The fourth-order valence-electron chi connectivity index (χ4n) is 3.99. The quantitative estimate of drug-likeness (QED) is 0.460. The van der Waals surface area contributed by atoms with Crippen LogP contribution >= 0.6 is 11.8 Å². The number of aliphatic hydroxyl groups excluding tert-OH is 1. The summed E-state index contributed by atoms with van der Waals surface area (Å²) in [5, 5.41) is 11.8. The summed E-state index contributed by atoms with van der Waals surface area (Å²) in [7, 11) is 0. The molecule has 1 atom stereocenters. The summed E-state index contributed by atoms with van der Waals surface area (Å²) in [6.07, 6.45) is -0.474. The molecule has 1 aliphatic heterocycles. The molecule has 4 rings (SSSR count). The van der Waals surface area contributed by atoms with Gasteiger partial charge in [-0.3, -0.25) is 9.36 Å². The van der Waals surface area contributed by atoms with E-state index in [0.29, 0.717) is 28.4 Å². The van der Waals surface area contributed by atoms with Crippen molar-refractivity contribution in [3.05, 3.63) is 63.9 Å². The number of nitrogens with one attached hydrogen (secondary N) is 1. The molecule has 0 unspecified atom stereocenters. The van der Waals surface area contributed by atoms with Crippen molar-refractivity contribution in [2.45, 2.75) is 25.1 Å². The number of aromatic nitrogens is 2. The van der Waals surface area contributed by atoms with Gasteiger partial charge in [0.2, 0.25) is 0 Å². The molecule has 1 saturated heterocycles. The molecule has 0 amide bonds. The summed E-state index contributed by atoms with van der Waals surface area (Å²) in [6.45, 7) is 8.02. The third kappa shape index (κ3) is 4.44. The Balaban J connectivity index is 1.68. The van der Waals surface area contributed by atoms with Crippen LogP contribution in [0.4, 0.5) is 0 Å². The average molecular weight is 427 g/mol. The Labute approximate surface area is 180 Å². The SMILES string of the molecule is Cc1cccc(C)c1-n1c(SC[C@@H](O)C[NH+]2CCOCC2)nc2ccccc2c1=O. The smallest absolute Gasteiger partial charge is 0.266 e. The third-order valence-corrected chi connectivity index (χ3v) is 6.62. The Kier molecular flexibility index (Phi) is 6.53. The van der Waals surface area contributed by atoms with Gasteiger partial charge in [0, 0.05) is 5.75 Å². The molecule has 7 heteroatoms. The number of hydrogen-bond acceptors (Lipinski definition) is 5. The van der Waals surface area contributed by atoms with Crippen molar-refractivity contribution < 1.29 is 14.7 Å². The lowest BCUT2D eigenvalue weighted by Gasteiger charge is -2.25. The standard InChI is InChI=1S/C23H27N3O3S/c1-16-6-5-7-17(2)21(16)26-22(28)19-8-3-4-9-20(19)24-23(26)30-15-18(27)14-25-10-12-29-13-11-25/h3-9,18,27H,10-15H2,1-2H3/p+1/t18-/m0/s1. The number of thioether (sulfide) groups is 1. The summed E-state index contributed by atoms with van der Waals surface area (Å²) < 4.78 is 7.11. The number of hydrogen-bond donors (Lipinski definition) is 2. The van der Waals surface area contributed by atoms with Crippen LogP contribution in [0.15, 0.2) is 52.4 Å². The van der Waals surface area contributed by atoms with E-state index >= 15 is 0 Å². The highest BCUT2D eigenvalue weighted by Crippen LogP contribution is 2.25. The molecule has 1 aromatic heterocycles. The lowest BCUT2D eigenvalue weighted by molar-refractivity contribution is -0.910. The molecule has 1 fully saturated rings. The second-order valence-corrected chi connectivity index (χ2v) is 8.81. The van der Waals surface area contributed by atoms with E-state index in [-0.39, 0.29) is 5.56 Å². The topological polar surface area (TPSA) is 68.8 Å². The molecule has 2 aromatic carbocycles. The highest BCUT2D eigenvalue weighted by atomic mass is 32.2. The minimum Gasteiger partial charge on any atom is -0.386 e. The van der Waals surface area contributed by atoms with Gasteiger partial charge in [-0.2, -0.15) is 0 Å². The zero-order chi connectivity index (χ0) is 21.1. The van der Waals surface area contributed by atoms with Crippen molar-refractivity contribution in [1.29, 1.82) is 0 Å². The van der Waals surface area contributed by atoms with E-state index in [1.54, 1.807) is 4.57 Å². The van der Waals surface area contributed by atoms with E-state index in [1.807, 2.05) is 56.3 Å². The third-order valence-electron chi connectivity index (χ3n) is 5.54. The fraction of sp³-hybridized carbons (Fsp3) is 0.391. The van der Waals surface area contributed by atoms with Gasteiger partial charge in [0.25, 0.3) is 5.56 Å². The van der Waals surface area contributed by atoms with E-state index in [4.69, 9.17) is 9.72 Å². The van der Waals surface area contributed by atoms with Crippen LogP contribution in [0.5, 0.6) is 0 Å². The highest BCUT2D eigenvalue weighted by Gasteiger charge is 2.21. The van der Waals surface area contributed by atoms with Gasteiger partial charge in [-0.05, 0) is 37.1 Å². The summed E-state index contributed by atoms with van der Waals surface area (Å²) in [5.74, 6) is 0.486. The minimum atomic E-state index is -0.474. The van der Waals surface area contributed by atoms with Gasteiger partial charge in [-0.1, -0.05) is 42.1 Å². The zero-order valence-electron chi connectivity index (χ0n) is 17.4. The molecule has 158 valence electrons. The molecular formula is C23H28N3O3S+. The van der Waals surface area contributed by atoms with Crippen LogP contribution in [-0.2, 0) is 4.74 Å². The molecule has 0 aliphatic carbocycles. The van der Waals surface area contributed by atoms with Crippen LogP contribution in [0.25, 0.3) is 16.6 Å². The summed E-state index contributed by atoms with van der Waals surface area (Å²) in [4.78, 5) is 19.6. The van der Waals surface area contributed by atoms with E-state index in [2.05, 4.69) is 0 Å². The summed E-state index contributed by atoms with van der Waals surface area (Å²) >= 11 is 1.44. The van der Waals surface area contributed by atoms with Crippen LogP contribution in [0.1, 0.15) is 11.1 Å². The summed E-state index contributed by atoms with van der Waals surface area (Å²) in [6, 6.07) is 13.5. The normalized spacial score (nSPS) is 16.1. The number of morpholine rings is 1. The Hall–Kier alpha value is -2.19. The van der Waals surface area contributed by atoms with Crippen LogP contribution in [0, 0.1) is 13.8 Å². The zero-order valence-corrected chi connectivity index (χ0v) is 18.2. The largest absolute Gasteiger partial charge is 0.386 e. The maximum Gasteiger partial charge on any atom is 0.266 e. The van der Waals surface area contributed by atoms with Crippen LogP contribution in [-0.4, -0.2) is 59.4 Å². The molecule has 30 heavy (non-hydrogen) atoms. The lowest BCUT2D eigenvalue weighted by Crippen LogP contribution is -3.15. The van der Waals surface area contributed by atoms with E-state index < -0.39 is 6.10 Å². The molecule has 0 bridgehead atoms. The van der Waals surface area contributed by atoms with Crippen molar-refractivity contribution in [2.75, 3.05) is 38.6 Å². The van der Waals surface area contributed by atoms with Gasteiger partial charge in [0.05, 0.1) is 29.8 Å². The number of fused-ring (bicyclic) bond motifs is 1. The first-order chi connectivity index (χ1) is 14.5. The van der Waals surface area contributed by atoms with Crippen molar-refractivity contribution in [3.63, 3.8) is 0 Å². The summed E-state index contributed by atoms with van der Waals surface area (Å²) in [5.41, 5.74) is 3.52. The Morgan fingerprint density at radius 2 is 1.83 bits per heavy atom. The number of para-hydroxylation sites is 2. The van der Waals surface area contributed by atoms with Crippen LogP contribution in [0.2, 0.25) is 0 Å². The van der Waals surface area contributed by atoms with Crippen molar-refractivity contribution in [1.82, 2.24) is 9.55 Å². The molecule has 0 radical (unpaired) electrons. The molecule has 1 aliphatic rings. The average Bonchev–Trinajstić information content (AvgIpc) is 2.74. The van der Waals surface area contributed by atoms with E-state index in [1.165, 1.54) is 16.7 Å². The van der Waals surface area contributed by atoms with Gasteiger partial charge in [0.15, 0.2) is 5.16 Å². The molecule has 2 N–H and O–H groups in total. The molecular weight excluding hydrogens is 398 g/mol. The highest BCUT2D eigenvalue weighted by molar-refractivity contribution is 7.99. The van der Waals surface area contributed by atoms with Crippen molar-refractivity contribution in [3.8, 4) is 5.69 Å². The second-order valence-electron chi connectivity index (χ2n) is 7.82. The predicted molar refractivity (Wildman–Crippen MR) is 120 cm³/mol. The van der Waals surface area contributed by atoms with Gasteiger partial charge in [0.1, 0.15) is 25.7 Å². The number of nitrogens with zero attached hydrogens (tertiary/aromatic N) is 2. The number of aliphatic hydroxyl groups is 1. The van der Waals surface area contributed by atoms with Gasteiger partial charge in [-0.15, -0.1) is 0 Å². The predicted octanol–water partition coefficient (Wildman–Crippen LogP) is 1.37. The van der Waals surface area contributed by atoms with Crippen molar-refractivity contribution >= 4 is 22.7 Å². The molecule has 3 aromatic rings. The van der Waals surface area contributed by atoms with Crippen molar-refractivity contribution in [2.24, 2.45) is 0 Å². The van der Waals surface area contributed by atoms with Crippen LogP contribution in [0.3, 0.4) is 0 Å². The number of rotatable bonds is 6. The lowest BCUT2D eigenvalue weighted by atomic mass is 10.1. The monoisotopic (exact) mass is 426 g/mol. The maximum atomic E-state index is 13.4. The van der Waals surface area contributed by atoms with Crippen LogP contribution < -0.4 is 10.5 Å². The number of aryl methyl sites for hydroxylation is 2. The first kappa shape index (κ1) is 21.1. The number of ether oxygens (including phenoxy) is 1. The van der Waals surface area contributed by atoms with Gasteiger partial charge >= 0.3 is 0 Å². The first-order valence-electron chi connectivity index (χ1n) is 10.3.